The normalized spacial score (nSPS) is 11.5. The van der Waals surface area contributed by atoms with Crippen molar-refractivity contribution >= 4 is 0 Å². The number of aromatic nitrogens is 1. The van der Waals surface area contributed by atoms with Gasteiger partial charge in [-0.1, -0.05) is 0 Å². The van der Waals surface area contributed by atoms with Crippen LogP contribution in [0.15, 0.2) is 18.3 Å². The summed E-state index contributed by atoms with van der Waals surface area (Å²) in [5.74, 6) is 0.609. The molecule has 0 aliphatic carbocycles. The lowest BCUT2D eigenvalue weighted by molar-refractivity contribution is 0.0795. The highest BCUT2D eigenvalue weighted by Crippen LogP contribution is 2.08. The van der Waals surface area contributed by atoms with Crippen LogP contribution in [-0.4, -0.2) is 29.3 Å². The van der Waals surface area contributed by atoms with Crippen molar-refractivity contribution in [2.75, 3.05) is 13.7 Å². The Morgan fingerprint density at radius 1 is 1.53 bits per heavy atom. The molecule has 0 atom stereocenters. The third-order valence-corrected chi connectivity index (χ3v) is 1.90. The zero-order valence-corrected chi connectivity index (χ0v) is 9.45. The largest absolute Gasteiger partial charge is 0.481 e. The average molecular weight is 210 g/mol. The highest BCUT2D eigenvalue weighted by atomic mass is 16.5. The maximum Gasteiger partial charge on any atom is 0.213 e. The molecule has 1 rings (SSSR count). The van der Waals surface area contributed by atoms with Crippen LogP contribution in [0.4, 0.5) is 0 Å². The van der Waals surface area contributed by atoms with E-state index in [4.69, 9.17) is 4.74 Å². The minimum Gasteiger partial charge on any atom is -0.481 e. The molecule has 0 fully saturated rings. The Labute approximate surface area is 90.3 Å². The first-order chi connectivity index (χ1) is 7.01. The molecule has 1 heterocycles. The number of hydrogen-bond acceptors (Lipinski definition) is 4. The molecule has 0 radical (unpaired) electrons. The molecule has 0 amide bonds. The molecule has 15 heavy (non-hydrogen) atoms. The Balaban J connectivity index is 2.44. The fraction of sp³-hybridized carbons (Fsp3) is 0.545. The van der Waals surface area contributed by atoms with E-state index in [0.29, 0.717) is 19.0 Å². The van der Waals surface area contributed by atoms with E-state index in [1.165, 1.54) is 0 Å². The number of ether oxygens (including phenoxy) is 1. The third-order valence-electron chi connectivity index (χ3n) is 1.90. The standard InChI is InChI=1S/C11H18N2O2/c1-11(2,14)8-12-7-9-4-5-13-10(6-9)15-3/h4-6,12,14H,7-8H2,1-3H3. The molecule has 0 aromatic carbocycles. The number of aliphatic hydroxyl groups is 1. The van der Waals surface area contributed by atoms with Gasteiger partial charge in [-0.2, -0.15) is 0 Å². The molecule has 0 unspecified atom stereocenters. The smallest absolute Gasteiger partial charge is 0.213 e. The molecular weight excluding hydrogens is 192 g/mol. The van der Waals surface area contributed by atoms with Gasteiger partial charge in [0.2, 0.25) is 5.88 Å². The fourth-order valence-corrected chi connectivity index (χ4v) is 1.18. The first-order valence-corrected chi connectivity index (χ1v) is 4.93. The Bertz CT molecular complexity index is 308. The van der Waals surface area contributed by atoms with Crippen molar-refractivity contribution in [1.82, 2.24) is 10.3 Å². The molecule has 0 aliphatic rings. The maximum absolute atomic E-state index is 9.50. The van der Waals surface area contributed by atoms with Crippen LogP contribution in [-0.2, 0) is 6.54 Å². The van der Waals surface area contributed by atoms with E-state index in [-0.39, 0.29) is 0 Å². The van der Waals surface area contributed by atoms with Crippen LogP contribution >= 0.6 is 0 Å². The summed E-state index contributed by atoms with van der Waals surface area (Å²) in [6.45, 7) is 4.79. The van der Waals surface area contributed by atoms with Gasteiger partial charge in [-0.3, -0.25) is 0 Å². The summed E-state index contributed by atoms with van der Waals surface area (Å²) in [6.07, 6.45) is 1.71. The Kier molecular flexibility index (Phi) is 4.05. The summed E-state index contributed by atoms with van der Waals surface area (Å²) in [5.41, 5.74) is 0.406. The van der Waals surface area contributed by atoms with Gasteiger partial charge in [-0.25, -0.2) is 4.98 Å². The summed E-state index contributed by atoms with van der Waals surface area (Å²) in [7, 11) is 1.59. The molecule has 0 bridgehead atoms. The van der Waals surface area contributed by atoms with Gasteiger partial charge in [0.1, 0.15) is 0 Å². The van der Waals surface area contributed by atoms with Gasteiger partial charge in [0.15, 0.2) is 0 Å². The van der Waals surface area contributed by atoms with Gasteiger partial charge >= 0.3 is 0 Å². The fourth-order valence-electron chi connectivity index (χ4n) is 1.18. The van der Waals surface area contributed by atoms with E-state index < -0.39 is 5.60 Å². The van der Waals surface area contributed by atoms with Crippen molar-refractivity contribution in [3.05, 3.63) is 23.9 Å². The molecule has 0 saturated carbocycles. The second-order valence-corrected chi connectivity index (χ2v) is 4.12. The van der Waals surface area contributed by atoms with E-state index in [1.54, 1.807) is 27.2 Å². The van der Waals surface area contributed by atoms with E-state index in [2.05, 4.69) is 10.3 Å². The highest BCUT2D eigenvalue weighted by molar-refractivity contribution is 5.20. The SMILES string of the molecule is COc1cc(CNCC(C)(C)O)ccn1. The Hall–Kier alpha value is -1.13. The van der Waals surface area contributed by atoms with E-state index in [1.807, 2.05) is 12.1 Å². The van der Waals surface area contributed by atoms with Crippen LogP contribution < -0.4 is 10.1 Å². The molecule has 4 nitrogen and oxygen atoms in total. The van der Waals surface area contributed by atoms with Crippen molar-refractivity contribution in [3.63, 3.8) is 0 Å². The summed E-state index contributed by atoms with van der Waals surface area (Å²) in [5, 5.41) is 12.7. The van der Waals surface area contributed by atoms with Crippen LogP contribution in [0.25, 0.3) is 0 Å². The van der Waals surface area contributed by atoms with Crippen molar-refractivity contribution < 1.29 is 9.84 Å². The van der Waals surface area contributed by atoms with Gasteiger partial charge in [-0.15, -0.1) is 0 Å². The number of methoxy groups -OCH3 is 1. The molecule has 84 valence electrons. The first kappa shape index (κ1) is 11.9. The number of rotatable bonds is 5. The van der Waals surface area contributed by atoms with Gasteiger partial charge in [-0.05, 0) is 25.5 Å². The summed E-state index contributed by atoms with van der Waals surface area (Å²) in [4.78, 5) is 4.02. The van der Waals surface area contributed by atoms with Crippen molar-refractivity contribution in [2.24, 2.45) is 0 Å². The predicted molar refractivity (Wildman–Crippen MR) is 58.8 cm³/mol. The molecule has 2 N–H and O–H groups in total. The first-order valence-electron chi connectivity index (χ1n) is 4.93. The Morgan fingerprint density at radius 2 is 2.27 bits per heavy atom. The zero-order chi connectivity index (χ0) is 11.3. The molecule has 0 aliphatic heterocycles. The van der Waals surface area contributed by atoms with Gasteiger partial charge < -0.3 is 15.2 Å². The van der Waals surface area contributed by atoms with Crippen molar-refractivity contribution in [2.45, 2.75) is 26.0 Å². The van der Waals surface area contributed by atoms with E-state index in [9.17, 15) is 5.11 Å². The van der Waals surface area contributed by atoms with Crippen molar-refractivity contribution in [1.29, 1.82) is 0 Å². The number of pyridine rings is 1. The van der Waals surface area contributed by atoms with Crippen LogP contribution in [0.2, 0.25) is 0 Å². The lowest BCUT2D eigenvalue weighted by atomic mass is 10.1. The minimum absolute atomic E-state index is 0.553. The average Bonchev–Trinajstić information content (AvgIpc) is 2.16. The summed E-state index contributed by atoms with van der Waals surface area (Å²) >= 11 is 0. The second-order valence-electron chi connectivity index (χ2n) is 4.12. The second kappa shape index (κ2) is 5.09. The van der Waals surface area contributed by atoms with Gasteiger partial charge in [0, 0.05) is 25.4 Å². The van der Waals surface area contributed by atoms with Crippen molar-refractivity contribution in [3.8, 4) is 5.88 Å². The topological polar surface area (TPSA) is 54.4 Å². The van der Waals surface area contributed by atoms with Crippen LogP contribution in [0.1, 0.15) is 19.4 Å². The quantitative estimate of drug-likeness (QED) is 0.759. The zero-order valence-electron chi connectivity index (χ0n) is 9.45. The van der Waals surface area contributed by atoms with Crippen LogP contribution in [0.5, 0.6) is 5.88 Å². The lowest BCUT2D eigenvalue weighted by Crippen LogP contribution is -2.34. The van der Waals surface area contributed by atoms with Gasteiger partial charge in [0.05, 0.1) is 12.7 Å². The Morgan fingerprint density at radius 3 is 2.87 bits per heavy atom. The molecular formula is C11H18N2O2. The molecule has 0 spiro atoms. The number of nitrogens with zero attached hydrogens (tertiary/aromatic N) is 1. The molecule has 0 saturated heterocycles. The summed E-state index contributed by atoms with van der Waals surface area (Å²) in [6, 6.07) is 3.79. The lowest BCUT2D eigenvalue weighted by Gasteiger charge is -2.17. The number of hydrogen-bond donors (Lipinski definition) is 2. The minimum atomic E-state index is -0.683. The van der Waals surface area contributed by atoms with Gasteiger partial charge in [0.25, 0.3) is 0 Å². The van der Waals surface area contributed by atoms with E-state index >= 15 is 0 Å². The molecule has 1 aromatic rings. The van der Waals surface area contributed by atoms with Crippen LogP contribution in [0, 0.1) is 0 Å². The monoisotopic (exact) mass is 210 g/mol. The third kappa shape index (κ3) is 4.76. The highest BCUT2D eigenvalue weighted by Gasteiger charge is 2.10. The number of nitrogens with one attached hydrogen (secondary N) is 1. The molecule has 4 heteroatoms. The predicted octanol–water partition coefficient (Wildman–Crippen LogP) is 0.951. The molecule has 1 aromatic heterocycles. The maximum atomic E-state index is 9.50. The van der Waals surface area contributed by atoms with Crippen LogP contribution in [0.3, 0.4) is 0 Å². The summed E-state index contributed by atoms with van der Waals surface area (Å²) < 4.78 is 5.01. The van der Waals surface area contributed by atoms with E-state index in [0.717, 1.165) is 5.56 Å².